The monoisotopic (exact) mass is 411 g/mol. The Balaban J connectivity index is 2.28. The second-order valence-corrected chi connectivity index (χ2v) is 8.68. The lowest BCUT2D eigenvalue weighted by atomic mass is 9.76. The van der Waals surface area contributed by atoms with Crippen LogP contribution in [0.1, 0.15) is 45.1 Å². The molecule has 0 heterocycles. The highest BCUT2D eigenvalue weighted by molar-refractivity contribution is 7.89. The predicted molar refractivity (Wildman–Crippen MR) is 104 cm³/mol. The van der Waals surface area contributed by atoms with Crippen LogP contribution >= 0.6 is 0 Å². The summed E-state index contributed by atoms with van der Waals surface area (Å²) in [4.78, 5) is 25.1. The van der Waals surface area contributed by atoms with E-state index in [4.69, 9.17) is 9.47 Å². The molecule has 0 aromatic heterocycles. The van der Waals surface area contributed by atoms with Crippen LogP contribution < -0.4 is 4.72 Å². The van der Waals surface area contributed by atoms with Crippen LogP contribution in [0.3, 0.4) is 0 Å². The van der Waals surface area contributed by atoms with Crippen molar-refractivity contribution in [1.29, 1.82) is 0 Å². The Morgan fingerprint density at radius 1 is 1.04 bits per heavy atom. The fourth-order valence-electron chi connectivity index (χ4n) is 3.60. The summed E-state index contributed by atoms with van der Waals surface area (Å²) in [5.41, 5.74) is 0.958. The zero-order valence-corrected chi connectivity index (χ0v) is 17.5. The maximum Gasteiger partial charge on any atom is 0.320 e. The molecule has 0 aliphatic heterocycles. The van der Waals surface area contributed by atoms with Crippen LogP contribution in [0.2, 0.25) is 0 Å². The lowest BCUT2D eigenvalue weighted by molar-refractivity contribution is -0.165. The maximum absolute atomic E-state index is 12.8. The van der Waals surface area contributed by atoms with E-state index in [9.17, 15) is 18.0 Å². The van der Waals surface area contributed by atoms with Gasteiger partial charge in [-0.05, 0) is 51.7 Å². The van der Waals surface area contributed by atoms with Gasteiger partial charge in [0.2, 0.25) is 10.0 Å². The van der Waals surface area contributed by atoms with Crippen LogP contribution in [0.4, 0.5) is 0 Å². The first-order chi connectivity index (χ1) is 13.3. The van der Waals surface area contributed by atoms with Crippen molar-refractivity contribution in [2.75, 3.05) is 13.2 Å². The van der Waals surface area contributed by atoms with Crippen molar-refractivity contribution in [3.05, 3.63) is 29.8 Å². The van der Waals surface area contributed by atoms with Gasteiger partial charge in [-0.15, -0.1) is 0 Å². The Morgan fingerprint density at radius 2 is 1.57 bits per heavy atom. The van der Waals surface area contributed by atoms with Gasteiger partial charge >= 0.3 is 11.9 Å². The van der Waals surface area contributed by atoms with Gasteiger partial charge < -0.3 is 9.47 Å². The van der Waals surface area contributed by atoms with Crippen molar-refractivity contribution in [2.45, 2.75) is 57.4 Å². The largest absolute Gasteiger partial charge is 0.465 e. The third kappa shape index (κ3) is 5.54. The highest BCUT2D eigenvalue weighted by Crippen LogP contribution is 2.33. The molecule has 0 saturated heterocycles. The van der Waals surface area contributed by atoms with E-state index < -0.39 is 39.8 Å². The third-order valence-electron chi connectivity index (χ3n) is 4.97. The number of benzene rings is 1. The number of nitrogens with one attached hydrogen (secondary N) is 1. The Bertz CT molecular complexity index is 756. The minimum absolute atomic E-state index is 0.140. The highest BCUT2D eigenvalue weighted by Gasteiger charge is 2.43. The summed E-state index contributed by atoms with van der Waals surface area (Å²) in [6, 6.07) is 6.01. The number of ether oxygens (including phenoxy) is 2. The van der Waals surface area contributed by atoms with Crippen molar-refractivity contribution in [3.63, 3.8) is 0 Å². The van der Waals surface area contributed by atoms with Crippen LogP contribution in [0, 0.1) is 18.8 Å². The molecule has 0 radical (unpaired) electrons. The Kier molecular flexibility index (Phi) is 8.00. The molecule has 1 aliphatic carbocycles. The van der Waals surface area contributed by atoms with Gasteiger partial charge in [0.25, 0.3) is 0 Å². The summed E-state index contributed by atoms with van der Waals surface area (Å²) in [5, 5.41) is 0. The van der Waals surface area contributed by atoms with E-state index in [1.54, 1.807) is 38.1 Å². The molecule has 1 saturated carbocycles. The number of aryl methyl sites for hydroxylation is 1. The number of carbonyl (C=O) groups is 2. The number of hydrogen-bond donors (Lipinski definition) is 1. The molecule has 28 heavy (non-hydrogen) atoms. The lowest BCUT2D eigenvalue weighted by Crippen LogP contribution is -2.49. The molecule has 2 unspecified atom stereocenters. The van der Waals surface area contributed by atoms with E-state index >= 15 is 0 Å². The molecule has 1 N–H and O–H groups in total. The first-order valence-corrected chi connectivity index (χ1v) is 11.2. The predicted octanol–water partition coefficient (Wildman–Crippen LogP) is 2.57. The number of carbonyl (C=O) groups excluding carboxylic acids is 2. The molecular weight excluding hydrogens is 382 g/mol. The summed E-state index contributed by atoms with van der Waals surface area (Å²) >= 11 is 0. The number of esters is 2. The average Bonchev–Trinajstić information content (AvgIpc) is 2.64. The molecular formula is C20H29NO6S. The van der Waals surface area contributed by atoms with E-state index in [-0.39, 0.29) is 18.1 Å². The van der Waals surface area contributed by atoms with E-state index in [1.807, 2.05) is 6.92 Å². The van der Waals surface area contributed by atoms with Crippen molar-refractivity contribution >= 4 is 22.0 Å². The van der Waals surface area contributed by atoms with Crippen molar-refractivity contribution in [1.82, 2.24) is 4.72 Å². The SMILES string of the molecule is CCOC(=O)C(C(=O)OCC)C1CCCCC1NS(=O)(=O)c1ccc(C)cc1. The summed E-state index contributed by atoms with van der Waals surface area (Å²) in [7, 11) is -3.77. The molecule has 0 spiro atoms. The zero-order chi connectivity index (χ0) is 20.7. The summed E-state index contributed by atoms with van der Waals surface area (Å²) in [6.07, 6.45) is 2.72. The Morgan fingerprint density at radius 3 is 2.11 bits per heavy atom. The minimum atomic E-state index is -3.77. The molecule has 1 fully saturated rings. The van der Waals surface area contributed by atoms with E-state index in [1.165, 1.54) is 0 Å². The van der Waals surface area contributed by atoms with Crippen LogP contribution in [-0.2, 0) is 29.1 Å². The minimum Gasteiger partial charge on any atom is -0.465 e. The standard InChI is InChI=1S/C20H29NO6S/c1-4-26-19(22)18(20(23)27-5-2)16-8-6-7-9-17(16)21-28(24,25)15-12-10-14(3)11-13-15/h10-13,16-18,21H,4-9H2,1-3H3. The topological polar surface area (TPSA) is 98.8 Å². The van der Waals surface area contributed by atoms with Gasteiger partial charge in [-0.1, -0.05) is 30.5 Å². The van der Waals surface area contributed by atoms with Gasteiger partial charge in [0.15, 0.2) is 5.92 Å². The summed E-state index contributed by atoms with van der Waals surface area (Å²) in [6.45, 7) is 5.49. The average molecular weight is 412 g/mol. The van der Waals surface area contributed by atoms with Gasteiger partial charge in [0.05, 0.1) is 18.1 Å². The first-order valence-electron chi connectivity index (χ1n) is 9.72. The van der Waals surface area contributed by atoms with Crippen LogP contribution in [0.25, 0.3) is 0 Å². The van der Waals surface area contributed by atoms with E-state index in [0.29, 0.717) is 12.8 Å². The normalized spacial score (nSPS) is 20.0. The van der Waals surface area contributed by atoms with Crippen molar-refractivity contribution < 1.29 is 27.5 Å². The maximum atomic E-state index is 12.8. The van der Waals surface area contributed by atoms with Crippen molar-refractivity contribution in [3.8, 4) is 0 Å². The molecule has 1 aliphatic rings. The Hall–Kier alpha value is -1.93. The van der Waals surface area contributed by atoms with Gasteiger partial charge in [-0.2, -0.15) is 0 Å². The fraction of sp³-hybridized carbons (Fsp3) is 0.600. The van der Waals surface area contributed by atoms with Crippen LogP contribution in [-0.4, -0.2) is 39.6 Å². The molecule has 0 bridgehead atoms. The molecule has 1 aromatic rings. The van der Waals surface area contributed by atoms with Gasteiger partial charge in [0, 0.05) is 6.04 Å². The second-order valence-electron chi connectivity index (χ2n) is 6.97. The molecule has 2 atom stereocenters. The van der Waals surface area contributed by atoms with Crippen molar-refractivity contribution in [2.24, 2.45) is 11.8 Å². The first kappa shape index (κ1) is 22.4. The highest BCUT2D eigenvalue weighted by atomic mass is 32.2. The van der Waals surface area contributed by atoms with Gasteiger partial charge in [-0.3, -0.25) is 9.59 Å². The second kappa shape index (κ2) is 10.0. The zero-order valence-electron chi connectivity index (χ0n) is 16.6. The quantitative estimate of drug-likeness (QED) is 0.521. The molecule has 1 aromatic carbocycles. The third-order valence-corrected chi connectivity index (χ3v) is 6.47. The molecule has 156 valence electrons. The number of hydrogen-bond acceptors (Lipinski definition) is 6. The van der Waals surface area contributed by atoms with E-state index in [2.05, 4.69) is 4.72 Å². The van der Waals surface area contributed by atoms with Gasteiger partial charge in [0.1, 0.15) is 0 Å². The molecule has 7 nitrogen and oxygen atoms in total. The molecule has 8 heteroatoms. The fourth-order valence-corrected chi connectivity index (χ4v) is 4.92. The summed E-state index contributed by atoms with van der Waals surface area (Å²) in [5.74, 6) is -2.96. The summed E-state index contributed by atoms with van der Waals surface area (Å²) < 4.78 is 38.5. The molecule has 2 rings (SSSR count). The molecule has 0 amide bonds. The number of rotatable bonds is 8. The number of sulfonamides is 1. The smallest absolute Gasteiger partial charge is 0.320 e. The Labute approximate surface area is 166 Å². The van der Waals surface area contributed by atoms with Crippen LogP contribution in [0.5, 0.6) is 0 Å². The van der Waals surface area contributed by atoms with Gasteiger partial charge in [-0.25, -0.2) is 13.1 Å². The lowest BCUT2D eigenvalue weighted by Gasteiger charge is -2.35. The van der Waals surface area contributed by atoms with Crippen LogP contribution in [0.15, 0.2) is 29.2 Å². The van der Waals surface area contributed by atoms with E-state index in [0.717, 1.165) is 18.4 Å².